The molecule has 1 aliphatic rings. The summed E-state index contributed by atoms with van der Waals surface area (Å²) >= 11 is 0. The first-order valence-corrected chi connectivity index (χ1v) is 5.41. The molecule has 0 fully saturated rings. The molecule has 4 nitrogen and oxygen atoms in total. The van der Waals surface area contributed by atoms with Crippen LogP contribution in [0.5, 0.6) is 5.75 Å². The predicted octanol–water partition coefficient (Wildman–Crippen LogP) is 1.32. The number of nitrogens with zero attached hydrogens (tertiary/aromatic N) is 1. The molecule has 0 aromatic heterocycles. The average molecular weight is 209 g/mol. The van der Waals surface area contributed by atoms with Gasteiger partial charge in [-0.3, -0.25) is 0 Å². The van der Waals surface area contributed by atoms with Crippen molar-refractivity contribution in [2.45, 2.75) is 0 Å². The smallest absolute Gasteiger partial charge is 0.279 e. The Balaban J connectivity index is 2.19. The Labute approximate surface area is 81.6 Å². The third-order valence-electron chi connectivity index (χ3n) is 1.57. The molecule has 1 aromatic carbocycles. The van der Waals surface area contributed by atoms with E-state index in [2.05, 4.69) is 4.40 Å². The fourth-order valence-corrected chi connectivity index (χ4v) is 1.72. The molecule has 0 N–H and O–H groups in total. The number of benzene rings is 1. The Morgan fingerprint density at radius 3 is 2.43 bits per heavy atom. The van der Waals surface area contributed by atoms with Gasteiger partial charge in [0.2, 0.25) is 0 Å². The van der Waals surface area contributed by atoms with Gasteiger partial charge in [0.25, 0.3) is 10.0 Å². The highest BCUT2D eigenvalue weighted by Gasteiger charge is 2.13. The number of sulfonamides is 1. The fourth-order valence-electron chi connectivity index (χ4n) is 1.01. The predicted molar refractivity (Wildman–Crippen MR) is 52.6 cm³/mol. The number of para-hydroxylation sites is 1. The van der Waals surface area contributed by atoms with Gasteiger partial charge in [0.15, 0.2) is 5.76 Å². The molecule has 1 aliphatic heterocycles. The molecular formula is C9H7NO3S. The van der Waals surface area contributed by atoms with E-state index in [1.54, 1.807) is 24.3 Å². The van der Waals surface area contributed by atoms with E-state index < -0.39 is 10.0 Å². The molecule has 0 saturated carbocycles. The molecule has 0 atom stereocenters. The summed E-state index contributed by atoms with van der Waals surface area (Å²) in [6, 6.07) is 8.92. The first-order valence-electron chi connectivity index (χ1n) is 3.91. The number of allylic oxidation sites excluding steroid dienone is 1. The lowest BCUT2D eigenvalue weighted by Gasteiger charge is -2.01. The van der Waals surface area contributed by atoms with Crippen LogP contribution in [0.2, 0.25) is 0 Å². The van der Waals surface area contributed by atoms with Crippen LogP contribution in [-0.4, -0.2) is 14.6 Å². The van der Waals surface area contributed by atoms with Crippen molar-refractivity contribution in [1.29, 1.82) is 0 Å². The zero-order valence-electron chi connectivity index (χ0n) is 7.12. The summed E-state index contributed by atoms with van der Waals surface area (Å²) in [4.78, 5) is 0. The molecule has 14 heavy (non-hydrogen) atoms. The Kier molecular flexibility index (Phi) is 2.09. The second-order valence-electron chi connectivity index (χ2n) is 2.68. The normalized spacial score (nSPS) is 17.9. The van der Waals surface area contributed by atoms with Gasteiger partial charge in [-0.1, -0.05) is 18.2 Å². The molecule has 5 heteroatoms. The maximum Gasteiger partial charge on any atom is 0.279 e. The standard InChI is InChI=1S/C9H7NO3S/c11-14(12)7-9(6-10-14)13-8-4-2-1-3-5-8/h1-7H. The number of hydrogen-bond donors (Lipinski definition) is 0. The average Bonchev–Trinajstić information content (AvgIpc) is 2.47. The highest BCUT2D eigenvalue weighted by Crippen LogP contribution is 2.15. The lowest BCUT2D eigenvalue weighted by molar-refractivity contribution is 0.459. The molecule has 0 saturated heterocycles. The van der Waals surface area contributed by atoms with Crippen LogP contribution in [-0.2, 0) is 10.0 Å². The van der Waals surface area contributed by atoms with Crippen molar-refractivity contribution < 1.29 is 13.2 Å². The lowest BCUT2D eigenvalue weighted by atomic mass is 10.3. The first-order chi connectivity index (χ1) is 6.66. The molecule has 0 unspecified atom stereocenters. The summed E-state index contributed by atoms with van der Waals surface area (Å²) in [5, 5.41) is 0.986. The second-order valence-corrected chi connectivity index (χ2v) is 4.16. The van der Waals surface area contributed by atoms with Crippen molar-refractivity contribution in [3.8, 4) is 5.75 Å². The van der Waals surface area contributed by atoms with Gasteiger partial charge in [-0.15, -0.1) is 0 Å². The molecular weight excluding hydrogens is 202 g/mol. The van der Waals surface area contributed by atoms with Crippen LogP contribution in [0.4, 0.5) is 0 Å². The van der Waals surface area contributed by atoms with Crippen LogP contribution >= 0.6 is 0 Å². The van der Waals surface area contributed by atoms with Crippen molar-refractivity contribution in [2.75, 3.05) is 0 Å². The van der Waals surface area contributed by atoms with E-state index in [9.17, 15) is 8.42 Å². The van der Waals surface area contributed by atoms with Crippen molar-refractivity contribution in [3.63, 3.8) is 0 Å². The Bertz CT molecular complexity index is 488. The lowest BCUT2D eigenvalue weighted by Crippen LogP contribution is -1.93. The summed E-state index contributed by atoms with van der Waals surface area (Å²) in [5.41, 5.74) is 0. The maximum absolute atomic E-state index is 10.9. The van der Waals surface area contributed by atoms with Crippen LogP contribution in [0.15, 0.2) is 45.9 Å². The largest absolute Gasteiger partial charge is 0.455 e. The van der Waals surface area contributed by atoms with Crippen LogP contribution in [0, 0.1) is 0 Å². The molecule has 0 spiro atoms. The highest BCUT2D eigenvalue weighted by molar-refractivity contribution is 7.93. The maximum atomic E-state index is 10.9. The highest BCUT2D eigenvalue weighted by atomic mass is 32.2. The minimum absolute atomic E-state index is 0.233. The SMILES string of the molecule is O=S1(=O)C=C(Oc2ccccc2)C=N1. The van der Waals surface area contributed by atoms with E-state index in [1.165, 1.54) is 6.21 Å². The van der Waals surface area contributed by atoms with E-state index in [0.29, 0.717) is 5.75 Å². The van der Waals surface area contributed by atoms with Gasteiger partial charge >= 0.3 is 0 Å². The van der Waals surface area contributed by atoms with Gasteiger partial charge in [-0.2, -0.15) is 12.8 Å². The van der Waals surface area contributed by atoms with Gasteiger partial charge in [0.1, 0.15) is 5.75 Å². The molecule has 2 rings (SSSR count). The number of rotatable bonds is 2. The van der Waals surface area contributed by atoms with Crippen LogP contribution < -0.4 is 4.74 Å². The van der Waals surface area contributed by atoms with E-state index >= 15 is 0 Å². The first kappa shape index (κ1) is 8.96. The van der Waals surface area contributed by atoms with E-state index in [4.69, 9.17) is 4.74 Å². The van der Waals surface area contributed by atoms with Crippen molar-refractivity contribution in [1.82, 2.24) is 0 Å². The number of ether oxygens (including phenoxy) is 1. The number of hydrogen-bond acceptors (Lipinski definition) is 3. The van der Waals surface area contributed by atoms with Crippen molar-refractivity contribution in [3.05, 3.63) is 41.5 Å². The van der Waals surface area contributed by atoms with Crippen molar-refractivity contribution in [2.24, 2.45) is 4.40 Å². The summed E-state index contributed by atoms with van der Waals surface area (Å²) in [7, 11) is -3.43. The monoisotopic (exact) mass is 209 g/mol. The van der Waals surface area contributed by atoms with Gasteiger partial charge in [0, 0.05) is 0 Å². The summed E-state index contributed by atoms with van der Waals surface area (Å²) in [6.07, 6.45) is 1.18. The third-order valence-corrected chi connectivity index (χ3v) is 2.50. The summed E-state index contributed by atoms with van der Waals surface area (Å²) in [6.45, 7) is 0. The molecule has 0 aliphatic carbocycles. The van der Waals surface area contributed by atoms with Gasteiger partial charge < -0.3 is 4.74 Å². The molecule has 0 amide bonds. The van der Waals surface area contributed by atoms with Gasteiger partial charge in [-0.25, -0.2) is 0 Å². The summed E-state index contributed by atoms with van der Waals surface area (Å²) in [5.74, 6) is 0.818. The van der Waals surface area contributed by atoms with E-state index in [-0.39, 0.29) is 5.76 Å². The Hall–Kier alpha value is -1.62. The zero-order chi connectivity index (χ0) is 10.0. The quantitative estimate of drug-likeness (QED) is 0.738. The van der Waals surface area contributed by atoms with Crippen LogP contribution in [0.3, 0.4) is 0 Å². The summed E-state index contributed by atoms with van der Waals surface area (Å²) < 4.78 is 30.3. The minimum Gasteiger partial charge on any atom is -0.455 e. The Morgan fingerprint density at radius 2 is 1.86 bits per heavy atom. The van der Waals surface area contributed by atoms with Crippen molar-refractivity contribution >= 4 is 16.2 Å². The third kappa shape index (κ3) is 2.00. The fraction of sp³-hybridized carbons (Fsp3) is 0. The van der Waals surface area contributed by atoms with Crippen LogP contribution in [0.25, 0.3) is 0 Å². The molecule has 72 valence electrons. The second kappa shape index (κ2) is 3.26. The van der Waals surface area contributed by atoms with E-state index in [1.807, 2.05) is 6.07 Å². The molecule has 1 heterocycles. The van der Waals surface area contributed by atoms with E-state index in [0.717, 1.165) is 5.41 Å². The topological polar surface area (TPSA) is 55.7 Å². The molecule has 0 radical (unpaired) electrons. The Morgan fingerprint density at radius 1 is 1.14 bits per heavy atom. The molecule has 1 aromatic rings. The minimum atomic E-state index is -3.43. The van der Waals surface area contributed by atoms with Crippen LogP contribution in [0.1, 0.15) is 0 Å². The zero-order valence-corrected chi connectivity index (χ0v) is 7.94. The van der Waals surface area contributed by atoms with Gasteiger partial charge in [-0.05, 0) is 12.1 Å². The molecule has 0 bridgehead atoms. The van der Waals surface area contributed by atoms with Gasteiger partial charge in [0.05, 0.1) is 11.6 Å².